The molecule has 0 unspecified atom stereocenters. The van der Waals surface area contributed by atoms with Crippen LogP contribution in [-0.4, -0.2) is 70.3 Å². The molecule has 0 spiro atoms. The van der Waals surface area contributed by atoms with Gasteiger partial charge in [-0.25, -0.2) is 4.79 Å². The SMILES string of the molecule is CN1CCC(N(CCc2ccccc2)C(=O)NCc2nnc(N)s2)CC1.O=CO. The van der Waals surface area contributed by atoms with Gasteiger partial charge < -0.3 is 26.0 Å². The molecule has 0 aliphatic carbocycles. The van der Waals surface area contributed by atoms with Gasteiger partial charge >= 0.3 is 6.03 Å². The zero-order valence-electron chi connectivity index (χ0n) is 16.5. The third kappa shape index (κ3) is 7.66. The lowest BCUT2D eigenvalue weighted by molar-refractivity contribution is -0.122. The molecular weight excluding hydrogens is 392 g/mol. The van der Waals surface area contributed by atoms with E-state index in [1.807, 2.05) is 23.1 Å². The second kappa shape index (κ2) is 12.0. The van der Waals surface area contributed by atoms with Gasteiger partial charge in [0.25, 0.3) is 6.47 Å². The van der Waals surface area contributed by atoms with Crippen LogP contribution in [-0.2, 0) is 17.8 Å². The first-order valence-corrected chi connectivity index (χ1v) is 10.3. The molecule has 1 aromatic carbocycles. The van der Waals surface area contributed by atoms with Gasteiger partial charge in [-0.3, -0.25) is 4.79 Å². The van der Waals surface area contributed by atoms with Crippen molar-refractivity contribution in [2.45, 2.75) is 31.8 Å². The van der Waals surface area contributed by atoms with Gasteiger partial charge in [-0.05, 0) is 45.0 Å². The van der Waals surface area contributed by atoms with Gasteiger partial charge in [0.1, 0.15) is 5.01 Å². The van der Waals surface area contributed by atoms with E-state index in [0.717, 1.165) is 37.4 Å². The summed E-state index contributed by atoms with van der Waals surface area (Å²) in [6, 6.07) is 10.5. The van der Waals surface area contributed by atoms with E-state index in [1.165, 1.54) is 16.9 Å². The van der Waals surface area contributed by atoms with Gasteiger partial charge in [0.2, 0.25) is 5.13 Å². The summed E-state index contributed by atoms with van der Waals surface area (Å²) in [4.78, 5) is 25.5. The predicted octanol–water partition coefficient (Wildman–Crippen LogP) is 1.67. The quantitative estimate of drug-likeness (QED) is 0.607. The van der Waals surface area contributed by atoms with Crippen LogP contribution in [0.2, 0.25) is 0 Å². The normalized spacial score (nSPS) is 14.5. The molecule has 9 nitrogen and oxygen atoms in total. The summed E-state index contributed by atoms with van der Waals surface area (Å²) in [6.07, 6.45) is 2.86. The number of urea groups is 1. The molecule has 0 radical (unpaired) electrons. The number of nitrogens with two attached hydrogens (primary N) is 1. The molecule has 29 heavy (non-hydrogen) atoms. The third-order valence-corrected chi connectivity index (χ3v) is 5.50. The number of benzene rings is 1. The first kappa shape index (κ1) is 22.6. The summed E-state index contributed by atoms with van der Waals surface area (Å²) >= 11 is 1.30. The van der Waals surface area contributed by atoms with E-state index < -0.39 is 0 Å². The molecule has 10 heteroatoms. The molecule has 2 amide bonds. The Labute approximate surface area is 174 Å². The van der Waals surface area contributed by atoms with Crippen LogP contribution < -0.4 is 11.1 Å². The van der Waals surface area contributed by atoms with Crippen LogP contribution in [0.1, 0.15) is 23.4 Å². The molecule has 1 fully saturated rings. The molecule has 0 bridgehead atoms. The fourth-order valence-corrected chi connectivity index (χ4v) is 3.79. The maximum absolute atomic E-state index is 12.9. The molecule has 158 valence electrons. The summed E-state index contributed by atoms with van der Waals surface area (Å²) in [5.74, 6) is 0. The van der Waals surface area contributed by atoms with E-state index in [-0.39, 0.29) is 18.5 Å². The highest BCUT2D eigenvalue weighted by Crippen LogP contribution is 2.17. The van der Waals surface area contributed by atoms with E-state index in [2.05, 4.69) is 39.6 Å². The van der Waals surface area contributed by atoms with Gasteiger partial charge in [0, 0.05) is 12.6 Å². The molecule has 4 N–H and O–H groups in total. The number of rotatable bonds is 6. The first-order valence-electron chi connectivity index (χ1n) is 9.46. The standard InChI is InChI=1S/C18H26N6OS.CH2O2/c1-23-10-8-15(9-11-23)24(12-7-14-5-3-2-4-6-14)18(25)20-13-16-21-22-17(19)26-16;2-1-3/h2-6,15H,7-13H2,1H3,(H2,19,22)(H,20,25);1H,(H,2,3). The number of carbonyl (C=O) groups excluding carboxylic acids is 1. The molecule has 1 aromatic heterocycles. The lowest BCUT2D eigenvalue weighted by atomic mass is 10.0. The van der Waals surface area contributed by atoms with Crippen molar-refractivity contribution in [1.29, 1.82) is 0 Å². The highest BCUT2D eigenvalue weighted by Gasteiger charge is 2.26. The minimum Gasteiger partial charge on any atom is -0.483 e. The average molecular weight is 421 g/mol. The fourth-order valence-electron chi connectivity index (χ4n) is 3.24. The topological polar surface area (TPSA) is 125 Å². The predicted molar refractivity (Wildman–Crippen MR) is 113 cm³/mol. The fraction of sp³-hybridized carbons (Fsp3) is 0.474. The molecule has 0 saturated carbocycles. The number of carbonyl (C=O) groups is 2. The lowest BCUT2D eigenvalue weighted by Crippen LogP contribution is -2.50. The second-order valence-electron chi connectivity index (χ2n) is 6.76. The highest BCUT2D eigenvalue weighted by atomic mass is 32.1. The number of carboxylic acid groups (broad SMARTS) is 1. The number of amides is 2. The Bertz CT molecular complexity index is 749. The van der Waals surface area contributed by atoms with Crippen molar-refractivity contribution in [3.05, 3.63) is 40.9 Å². The smallest absolute Gasteiger partial charge is 0.318 e. The zero-order chi connectivity index (χ0) is 21.1. The molecule has 2 aromatic rings. The number of nitrogen functional groups attached to an aromatic ring is 1. The van der Waals surface area contributed by atoms with Crippen molar-refractivity contribution in [3.63, 3.8) is 0 Å². The first-order chi connectivity index (χ1) is 14.0. The average Bonchev–Trinajstić information content (AvgIpc) is 3.14. The van der Waals surface area contributed by atoms with E-state index in [0.29, 0.717) is 18.2 Å². The molecule has 0 atom stereocenters. The number of hydrogen-bond donors (Lipinski definition) is 3. The van der Waals surface area contributed by atoms with Crippen LogP contribution in [0.25, 0.3) is 0 Å². The van der Waals surface area contributed by atoms with Crippen LogP contribution in [0.5, 0.6) is 0 Å². The Hall–Kier alpha value is -2.72. The Morgan fingerprint density at radius 2 is 2.00 bits per heavy atom. The molecule has 2 heterocycles. The summed E-state index contributed by atoms with van der Waals surface area (Å²) in [6.45, 7) is 2.87. The third-order valence-electron chi connectivity index (χ3n) is 4.75. The molecule has 1 saturated heterocycles. The van der Waals surface area contributed by atoms with Crippen molar-refractivity contribution in [3.8, 4) is 0 Å². The summed E-state index contributed by atoms with van der Waals surface area (Å²) < 4.78 is 0. The number of nitrogens with one attached hydrogen (secondary N) is 1. The number of likely N-dealkylation sites (tertiary alicyclic amines) is 1. The van der Waals surface area contributed by atoms with Crippen molar-refractivity contribution in [1.82, 2.24) is 25.3 Å². The maximum Gasteiger partial charge on any atom is 0.318 e. The van der Waals surface area contributed by atoms with Crippen LogP contribution in [0, 0.1) is 0 Å². The number of piperidine rings is 1. The second-order valence-corrected chi connectivity index (χ2v) is 7.86. The van der Waals surface area contributed by atoms with E-state index in [1.54, 1.807) is 0 Å². The van der Waals surface area contributed by atoms with Crippen molar-refractivity contribution in [2.75, 3.05) is 32.4 Å². The molecule has 1 aliphatic heterocycles. The van der Waals surface area contributed by atoms with Crippen molar-refractivity contribution >= 4 is 29.0 Å². The Morgan fingerprint density at radius 3 is 2.59 bits per heavy atom. The van der Waals surface area contributed by atoms with Crippen LogP contribution >= 0.6 is 11.3 Å². The summed E-state index contributed by atoms with van der Waals surface area (Å²) in [5, 5.41) is 18.8. The maximum atomic E-state index is 12.9. The van der Waals surface area contributed by atoms with Crippen LogP contribution in [0.15, 0.2) is 30.3 Å². The highest BCUT2D eigenvalue weighted by molar-refractivity contribution is 7.15. The summed E-state index contributed by atoms with van der Waals surface area (Å²) in [7, 11) is 2.13. The number of anilines is 1. The Balaban J connectivity index is 0.000000941. The van der Waals surface area contributed by atoms with Gasteiger partial charge in [-0.15, -0.1) is 10.2 Å². The van der Waals surface area contributed by atoms with Crippen LogP contribution in [0.4, 0.5) is 9.93 Å². The van der Waals surface area contributed by atoms with Gasteiger partial charge in [-0.1, -0.05) is 41.7 Å². The van der Waals surface area contributed by atoms with Gasteiger partial charge in [-0.2, -0.15) is 0 Å². The lowest BCUT2D eigenvalue weighted by Gasteiger charge is -2.37. The molecular formula is C19H28N6O3S. The minimum absolute atomic E-state index is 0.0377. The number of nitrogens with zero attached hydrogens (tertiary/aromatic N) is 4. The van der Waals surface area contributed by atoms with Crippen LogP contribution in [0.3, 0.4) is 0 Å². The van der Waals surface area contributed by atoms with E-state index in [9.17, 15) is 4.79 Å². The minimum atomic E-state index is -0.250. The van der Waals surface area contributed by atoms with Gasteiger partial charge in [0.05, 0.1) is 6.54 Å². The number of aromatic nitrogens is 2. The van der Waals surface area contributed by atoms with E-state index in [4.69, 9.17) is 15.6 Å². The van der Waals surface area contributed by atoms with Gasteiger partial charge in [0.15, 0.2) is 0 Å². The zero-order valence-corrected chi connectivity index (χ0v) is 17.3. The number of hydrogen-bond acceptors (Lipinski definition) is 7. The molecule has 1 aliphatic rings. The van der Waals surface area contributed by atoms with Crippen molar-refractivity contribution < 1.29 is 14.7 Å². The largest absolute Gasteiger partial charge is 0.483 e. The van der Waals surface area contributed by atoms with E-state index >= 15 is 0 Å². The summed E-state index contributed by atoms with van der Waals surface area (Å²) in [5.41, 5.74) is 6.85. The van der Waals surface area contributed by atoms with Crippen molar-refractivity contribution in [2.24, 2.45) is 0 Å². The molecule has 3 rings (SSSR count). The Morgan fingerprint density at radius 1 is 1.34 bits per heavy atom. The monoisotopic (exact) mass is 420 g/mol. The Kier molecular flexibility index (Phi) is 9.32.